The van der Waals surface area contributed by atoms with Crippen LogP contribution in [0.1, 0.15) is 32.6 Å². The number of benzene rings is 2. The molecule has 0 aliphatic carbocycles. The van der Waals surface area contributed by atoms with E-state index in [4.69, 9.17) is 0 Å². The van der Waals surface area contributed by atoms with Crippen LogP contribution in [0.4, 0.5) is 0 Å². The summed E-state index contributed by atoms with van der Waals surface area (Å²) in [6.45, 7) is 3.89. The van der Waals surface area contributed by atoms with Crippen LogP contribution in [0, 0.1) is 25.7 Å². The Morgan fingerprint density at radius 2 is 1.79 bits per heavy atom. The summed E-state index contributed by atoms with van der Waals surface area (Å²) in [4.78, 5) is 17.2. The molecule has 3 aromatic rings. The molecular weight excluding hydrogens is 368 g/mol. The fraction of sp³-hybridized carbons (Fsp3) is 0.130. The van der Waals surface area contributed by atoms with Crippen LogP contribution in [-0.4, -0.2) is 21.4 Å². The number of aromatic nitrogens is 1. The molecule has 1 atom stereocenters. The maximum atomic E-state index is 12.9. The van der Waals surface area contributed by atoms with Crippen LogP contribution in [0.25, 0.3) is 0 Å². The summed E-state index contributed by atoms with van der Waals surface area (Å²) in [5, 5.41) is 0. The molecule has 1 amide bonds. The minimum atomic E-state index is -2.84. The van der Waals surface area contributed by atoms with Crippen molar-refractivity contribution in [3.63, 3.8) is 0 Å². The zero-order chi connectivity index (χ0) is 20.1. The predicted octanol–water partition coefficient (Wildman–Crippen LogP) is 4.40. The van der Waals surface area contributed by atoms with Gasteiger partial charge in [0, 0.05) is 34.7 Å². The first-order valence-corrected chi connectivity index (χ1v) is 10.6. The van der Waals surface area contributed by atoms with Crippen LogP contribution in [0.5, 0.6) is 0 Å². The zero-order valence-electron chi connectivity index (χ0n) is 16.0. The Hall–Kier alpha value is -3.23. The molecule has 2 aromatic carbocycles. The standard InChI is InChI=1S/C23H20N2O2S/c1-17-7-6-10-22(13-17)28(3,27)25-23(26)21-14-19(15-24-16-21)11-12-20-9-5-4-8-18(20)2/h4-10,13-16H,1-3H3. The Kier molecular flexibility index (Phi) is 5.72. The Bertz CT molecular complexity index is 1230. The number of carbonyl (C=O) groups is 1. The second kappa shape index (κ2) is 8.20. The number of hydrogen-bond donors (Lipinski definition) is 0. The number of nitrogens with zero attached hydrogens (tertiary/aromatic N) is 2. The van der Waals surface area contributed by atoms with Crippen molar-refractivity contribution in [2.45, 2.75) is 18.7 Å². The van der Waals surface area contributed by atoms with E-state index in [-0.39, 0.29) is 5.56 Å². The van der Waals surface area contributed by atoms with E-state index in [0.29, 0.717) is 10.5 Å². The lowest BCUT2D eigenvalue weighted by molar-refractivity contribution is 0.100. The van der Waals surface area contributed by atoms with Crippen LogP contribution in [0.2, 0.25) is 0 Å². The van der Waals surface area contributed by atoms with Gasteiger partial charge < -0.3 is 0 Å². The van der Waals surface area contributed by atoms with E-state index in [1.807, 2.05) is 44.2 Å². The molecule has 0 radical (unpaired) electrons. The van der Waals surface area contributed by atoms with Gasteiger partial charge in [-0.1, -0.05) is 42.2 Å². The molecule has 0 aliphatic heterocycles. The molecule has 0 aliphatic rings. The van der Waals surface area contributed by atoms with E-state index < -0.39 is 15.6 Å². The molecule has 4 nitrogen and oxygen atoms in total. The van der Waals surface area contributed by atoms with Crippen molar-refractivity contribution in [1.29, 1.82) is 0 Å². The third-order valence-electron chi connectivity index (χ3n) is 4.16. The SMILES string of the molecule is Cc1cccc(S(C)(=O)=NC(=O)c2cncc(C#Cc3ccccc3C)c2)c1. The zero-order valence-corrected chi connectivity index (χ0v) is 16.8. The maximum absolute atomic E-state index is 12.9. The van der Waals surface area contributed by atoms with E-state index in [1.54, 1.807) is 30.5 Å². The number of pyridine rings is 1. The summed E-state index contributed by atoms with van der Waals surface area (Å²) in [5.74, 6) is 5.54. The average Bonchev–Trinajstić information content (AvgIpc) is 2.67. The van der Waals surface area contributed by atoms with Gasteiger partial charge in [-0.25, -0.2) is 4.21 Å². The van der Waals surface area contributed by atoms with E-state index in [1.165, 1.54) is 12.5 Å². The van der Waals surface area contributed by atoms with Crippen LogP contribution >= 0.6 is 0 Å². The predicted molar refractivity (Wildman–Crippen MR) is 112 cm³/mol. The lowest BCUT2D eigenvalue weighted by Crippen LogP contribution is -2.04. The van der Waals surface area contributed by atoms with E-state index >= 15 is 0 Å². The summed E-state index contributed by atoms with van der Waals surface area (Å²) >= 11 is 0. The number of rotatable bonds is 2. The molecule has 1 unspecified atom stereocenters. The molecule has 0 bridgehead atoms. The minimum Gasteiger partial charge on any atom is -0.266 e. The number of aryl methyl sites for hydroxylation is 2. The van der Waals surface area contributed by atoms with E-state index in [0.717, 1.165) is 16.7 Å². The van der Waals surface area contributed by atoms with Gasteiger partial charge in [0.25, 0.3) is 5.91 Å². The first-order valence-electron chi connectivity index (χ1n) is 8.71. The number of amides is 1. The molecule has 3 rings (SSSR count). The highest BCUT2D eigenvalue weighted by Gasteiger charge is 2.12. The Balaban J connectivity index is 1.91. The Labute approximate surface area is 165 Å². The molecule has 5 heteroatoms. The fourth-order valence-corrected chi connectivity index (χ4v) is 3.86. The first kappa shape index (κ1) is 19.5. The Morgan fingerprint density at radius 3 is 2.54 bits per heavy atom. The number of hydrogen-bond acceptors (Lipinski definition) is 3. The van der Waals surface area contributed by atoms with Crippen LogP contribution in [-0.2, 0) is 9.73 Å². The van der Waals surface area contributed by atoms with Crippen molar-refractivity contribution in [1.82, 2.24) is 4.98 Å². The van der Waals surface area contributed by atoms with Crippen molar-refractivity contribution in [3.8, 4) is 11.8 Å². The highest BCUT2D eigenvalue weighted by molar-refractivity contribution is 7.93. The summed E-state index contributed by atoms with van der Waals surface area (Å²) in [6, 6.07) is 16.6. The van der Waals surface area contributed by atoms with Gasteiger partial charge in [-0.2, -0.15) is 4.36 Å². The monoisotopic (exact) mass is 388 g/mol. The normalized spacial score (nSPS) is 12.4. The van der Waals surface area contributed by atoms with Gasteiger partial charge in [0.05, 0.1) is 15.3 Å². The highest BCUT2D eigenvalue weighted by Crippen LogP contribution is 2.15. The van der Waals surface area contributed by atoms with E-state index in [9.17, 15) is 9.00 Å². The molecule has 0 saturated heterocycles. The molecule has 140 valence electrons. The molecule has 0 N–H and O–H groups in total. The lowest BCUT2D eigenvalue weighted by Gasteiger charge is -2.05. The molecule has 28 heavy (non-hydrogen) atoms. The summed E-state index contributed by atoms with van der Waals surface area (Å²) in [6.07, 6.45) is 4.47. The molecular formula is C23H20N2O2S. The lowest BCUT2D eigenvalue weighted by atomic mass is 10.1. The minimum absolute atomic E-state index is 0.263. The van der Waals surface area contributed by atoms with Crippen molar-refractivity contribution >= 4 is 15.6 Å². The van der Waals surface area contributed by atoms with Crippen LogP contribution in [0.15, 0.2) is 76.2 Å². The van der Waals surface area contributed by atoms with Crippen LogP contribution in [0.3, 0.4) is 0 Å². The van der Waals surface area contributed by atoms with Gasteiger partial charge in [-0.3, -0.25) is 9.78 Å². The molecule has 0 saturated carbocycles. The van der Waals surface area contributed by atoms with Crippen molar-refractivity contribution in [3.05, 3.63) is 94.8 Å². The highest BCUT2D eigenvalue weighted by atomic mass is 32.2. The van der Waals surface area contributed by atoms with Gasteiger partial charge in [0.2, 0.25) is 0 Å². The second-order valence-electron chi connectivity index (χ2n) is 6.54. The van der Waals surface area contributed by atoms with Crippen molar-refractivity contribution < 1.29 is 9.00 Å². The van der Waals surface area contributed by atoms with Gasteiger partial charge in [-0.15, -0.1) is 0 Å². The van der Waals surface area contributed by atoms with Gasteiger partial charge >= 0.3 is 0 Å². The van der Waals surface area contributed by atoms with Crippen molar-refractivity contribution in [2.24, 2.45) is 4.36 Å². The largest absolute Gasteiger partial charge is 0.286 e. The van der Waals surface area contributed by atoms with Gasteiger partial charge in [-0.05, 0) is 49.2 Å². The summed E-state index contributed by atoms with van der Waals surface area (Å²) in [5.41, 5.74) is 3.82. The third-order valence-corrected chi connectivity index (χ3v) is 5.80. The van der Waals surface area contributed by atoms with Gasteiger partial charge in [0.1, 0.15) is 0 Å². The number of carbonyl (C=O) groups excluding carboxylic acids is 1. The van der Waals surface area contributed by atoms with Gasteiger partial charge in [0.15, 0.2) is 0 Å². The molecule has 0 spiro atoms. The quantitative estimate of drug-likeness (QED) is 0.612. The summed E-state index contributed by atoms with van der Waals surface area (Å²) in [7, 11) is -2.84. The average molecular weight is 388 g/mol. The summed E-state index contributed by atoms with van der Waals surface area (Å²) < 4.78 is 16.9. The van der Waals surface area contributed by atoms with Crippen molar-refractivity contribution in [2.75, 3.05) is 6.26 Å². The molecule has 0 fully saturated rings. The topological polar surface area (TPSA) is 59.4 Å². The third kappa shape index (κ3) is 4.73. The first-order chi connectivity index (χ1) is 13.3. The Morgan fingerprint density at radius 1 is 1.00 bits per heavy atom. The second-order valence-corrected chi connectivity index (χ2v) is 8.80. The van der Waals surface area contributed by atoms with E-state index in [2.05, 4.69) is 21.2 Å². The maximum Gasteiger partial charge on any atom is 0.286 e. The smallest absolute Gasteiger partial charge is 0.266 e. The van der Waals surface area contributed by atoms with Crippen LogP contribution < -0.4 is 0 Å². The fourth-order valence-electron chi connectivity index (χ4n) is 2.59. The molecule has 1 heterocycles. The molecule has 1 aromatic heterocycles.